The second kappa shape index (κ2) is 6.32. The predicted octanol–water partition coefficient (Wildman–Crippen LogP) is 1.55. The second-order valence-corrected chi connectivity index (χ2v) is 10.2. The molecule has 0 unspecified atom stereocenters. The molecule has 0 aliphatic heterocycles. The number of anilines is 1. The van der Waals surface area contributed by atoms with Gasteiger partial charge in [0.15, 0.2) is 11.5 Å². The lowest BCUT2D eigenvalue weighted by Gasteiger charge is -2.66. The third-order valence-electron chi connectivity index (χ3n) is 6.03. The number of hydrogen-bond acceptors (Lipinski definition) is 8. The van der Waals surface area contributed by atoms with Crippen molar-refractivity contribution in [2.24, 2.45) is 12.5 Å². The fourth-order valence-corrected chi connectivity index (χ4v) is 5.97. The van der Waals surface area contributed by atoms with Crippen LogP contribution in [0, 0.1) is 23.7 Å². The quantitative estimate of drug-likeness (QED) is 0.611. The number of nitrogen functional groups attached to an aromatic ring is 1. The van der Waals surface area contributed by atoms with Crippen LogP contribution in [0.5, 0.6) is 0 Å². The van der Waals surface area contributed by atoms with Crippen molar-refractivity contribution in [3.63, 3.8) is 0 Å². The summed E-state index contributed by atoms with van der Waals surface area (Å²) >= 11 is 0. The molecule has 2 bridgehead atoms. The third kappa shape index (κ3) is 3.07. The van der Waals surface area contributed by atoms with Crippen LogP contribution < -0.4 is 10.5 Å². The standard InChI is InChI=1S/C20H20N8O2S/c1-12-3-4-13(31(29,30)27-20-7-19(8-20,9-20)10-21)5-14(12)15-6-23-17(22)16(25-15)18-24-11-28(2)26-18/h3-6,11,27H,7-9H2,1-2H3,(H2,22,23). The van der Waals surface area contributed by atoms with E-state index in [2.05, 4.69) is 30.8 Å². The van der Waals surface area contributed by atoms with Gasteiger partial charge in [0.2, 0.25) is 15.8 Å². The third-order valence-corrected chi connectivity index (χ3v) is 7.60. The highest BCUT2D eigenvalue weighted by atomic mass is 32.2. The van der Waals surface area contributed by atoms with Gasteiger partial charge >= 0.3 is 0 Å². The number of benzene rings is 1. The number of sulfonamides is 1. The van der Waals surface area contributed by atoms with Gasteiger partial charge in [0.05, 0.1) is 28.3 Å². The molecule has 158 valence electrons. The molecule has 3 saturated carbocycles. The highest BCUT2D eigenvalue weighted by Gasteiger charge is 2.69. The van der Waals surface area contributed by atoms with E-state index in [1.54, 1.807) is 25.2 Å². The number of aryl methyl sites for hydroxylation is 2. The molecule has 0 amide bonds. The van der Waals surface area contributed by atoms with E-state index in [9.17, 15) is 13.7 Å². The lowest BCUT2D eigenvalue weighted by molar-refractivity contribution is -0.0946. The van der Waals surface area contributed by atoms with Gasteiger partial charge in [-0.1, -0.05) is 6.07 Å². The van der Waals surface area contributed by atoms with E-state index in [0.717, 1.165) is 5.56 Å². The Bertz CT molecular complexity index is 1350. The van der Waals surface area contributed by atoms with Crippen LogP contribution in [0.4, 0.5) is 5.82 Å². The van der Waals surface area contributed by atoms with Crippen LogP contribution in [0.3, 0.4) is 0 Å². The molecule has 0 atom stereocenters. The number of aromatic nitrogens is 5. The summed E-state index contributed by atoms with van der Waals surface area (Å²) in [5.41, 5.74) is 7.42. The molecule has 2 aromatic heterocycles. The molecule has 31 heavy (non-hydrogen) atoms. The Hall–Kier alpha value is -3.36. The zero-order valence-electron chi connectivity index (χ0n) is 17.0. The van der Waals surface area contributed by atoms with Gasteiger partial charge in [-0.25, -0.2) is 28.1 Å². The minimum absolute atomic E-state index is 0.139. The Morgan fingerprint density at radius 2 is 2.00 bits per heavy atom. The number of hydrogen-bond donors (Lipinski definition) is 2. The smallest absolute Gasteiger partial charge is 0.241 e. The van der Waals surface area contributed by atoms with Crippen LogP contribution in [0.2, 0.25) is 0 Å². The van der Waals surface area contributed by atoms with E-state index < -0.39 is 15.6 Å². The van der Waals surface area contributed by atoms with Crippen molar-refractivity contribution in [3.05, 3.63) is 36.3 Å². The van der Waals surface area contributed by atoms with Crippen LogP contribution in [0.25, 0.3) is 22.8 Å². The van der Waals surface area contributed by atoms with Crippen LogP contribution >= 0.6 is 0 Å². The number of nitrogens with zero attached hydrogens (tertiary/aromatic N) is 6. The topological polar surface area (TPSA) is 152 Å². The normalized spacial score (nSPS) is 24.2. The Balaban J connectivity index is 1.49. The zero-order chi connectivity index (χ0) is 22.0. The molecule has 3 fully saturated rings. The highest BCUT2D eigenvalue weighted by molar-refractivity contribution is 7.89. The second-order valence-electron chi connectivity index (χ2n) is 8.52. The van der Waals surface area contributed by atoms with E-state index in [0.29, 0.717) is 42.0 Å². The van der Waals surface area contributed by atoms with Crippen LogP contribution in [-0.2, 0) is 17.1 Å². The first kappa shape index (κ1) is 19.6. The van der Waals surface area contributed by atoms with Gasteiger partial charge < -0.3 is 5.73 Å². The van der Waals surface area contributed by atoms with Crippen LogP contribution in [0.15, 0.2) is 35.6 Å². The van der Waals surface area contributed by atoms with E-state index in [1.165, 1.54) is 17.2 Å². The summed E-state index contributed by atoms with van der Waals surface area (Å²) in [5, 5.41) is 13.4. The number of nitrogens with one attached hydrogen (secondary N) is 1. The molecule has 10 nitrogen and oxygen atoms in total. The monoisotopic (exact) mass is 436 g/mol. The first-order chi connectivity index (χ1) is 14.6. The molecule has 11 heteroatoms. The van der Waals surface area contributed by atoms with Gasteiger partial charge in [0.1, 0.15) is 6.33 Å². The Kier molecular flexibility index (Phi) is 3.99. The maximum atomic E-state index is 13.0. The van der Waals surface area contributed by atoms with Crippen molar-refractivity contribution in [2.45, 2.75) is 36.6 Å². The summed E-state index contributed by atoms with van der Waals surface area (Å²) < 4.78 is 30.4. The van der Waals surface area contributed by atoms with Gasteiger partial charge in [-0.05, 0) is 43.9 Å². The molecular formula is C20H20N8O2S. The first-order valence-electron chi connectivity index (χ1n) is 9.69. The molecule has 0 saturated heterocycles. The first-order valence-corrected chi connectivity index (χ1v) is 11.2. The molecule has 6 rings (SSSR count). The molecular weight excluding hydrogens is 416 g/mol. The average molecular weight is 437 g/mol. The Morgan fingerprint density at radius 1 is 1.26 bits per heavy atom. The molecule has 0 spiro atoms. The maximum absolute atomic E-state index is 13.0. The summed E-state index contributed by atoms with van der Waals surface area (Å²) in [4.78, 5) is 13.1. The molecule has 2 heterocycles. The summed E-state index contributed by atoms with van der Waals surface area (Å²) in [6.07, 6.45) is 4.75. The van der Waals surface area contributed by atoms with Crippen LogP contribution in [-0.4, -0.2) is 38.7 Å². The van der Waals surface area contributed by atoms with E-state index in [4.69, 9.17) is 5.73 Å². The van der Waals surface area contributed by atoms with Gasteiger partial charge in [-0.2, -0.15) is 5.26 Å². The minimum Gasteiger partial charge on any atom is -0.382 e. The van der Waals surface area contributed by atoms with Gasteiger partial charge in [-0.15, -0.1) is 5.10 Å². The van der Waals surface area contributed by atoms with Gasteiger partial charge in [0, 0.05) is 18.2 Å². The summed E-state index contributed by atoms with van der Waals surface area (Å²) in [6.45, 7) is 1.87. The van der Waals surface area contributed by atoms with E-state index in [-0.39, 0.29) is 16.1 Å². The SMILES string of the molecule is Cc1ccc(S(=O)(=O)NC23CC(C#N)(C2)C3)cc1-c1cnc(N)c(-c2ncn(C)n2)n1. The minimum atomic E-state index is -3.75. The lowest BCUT2D eigenvalue weighted by atomic mass is 9.40. The molecule has 0 radical (unpaired) electrons. The largest absolute Gasteiger partial charge is 0.382 e. The van der Waals surface area contributed by atoms with Gasteiger partial charge in [-0.3, -0.25) is 4.68 Å². The maximum Gasteiger partial charge on any atom is 0.241 e. The van der Waals surface area contributed by atoms with Gasteiger partial charge in [0.25, 0.3) is 0 Å². The highest BCUT2D eigenvalue weighted by Crippen LogP contribution is 2.67. The molecule has 3 N–H and O–H groups in total. The Labute approximate surface area is 179 Å². The average Bonchev–Trinajstić information content (AvgIpc) is 3.10. The number of nitriles is 1. The fourth-order valence-electron chi connectivity index (χ4n) is 4.54. The van der Waals surface area contributed by atoms with E-state index in [1.807, 2.05) is 6.92 Å². The zero-order valence-corrected chi connectivity index (χ0v) is 17.8. The summed E-state index contributed by atoms with van der Waals surface area (Å²) in [7, 11) is -2.01. The number of rotatable bonds is 5. The predicted molar refractivity (Wildman–Crippen MR) is 112 cm³/mol. The molecule has 3 aliphatic carbocycles. The van der Waals surface area contributed by atoms with Crippen LogP contribution in [0.1, 0.15) is 24.8 Å². The van der Waals surface area contributed by atoms with Crippen molar-refractivity contribution >= 4 is 15.8 Å². The van der Waals surface area contributed by atoms with Crippen molar-refractivity contribution in [3.8, 4) is 28.8 Å². The summed E-state index contributed by atoms with van der Waals surface area (Å²) in [5.74, 6) is 0.528. The van der Waals surface area contributed by atoms with Crippen molar-refractivity contribution in [1.29, 1.82) is 5.26 Å². The molecule has 3 aliphatic rings. The van der Waals surface area contributed by atoms with E-state index >= 15 is 0 Å². The van der Waals surface area contributed by atoms with Crippen molar-refractivity contribution in [1.82, 2.24) is 29.5 Å². The van der Waals surface area contributed by atoms with Crippen molar-refractivity contribution in [2.75, 3.05) is 5.73 Å². The van der Waals surface area contributed by atoms with Crippen molar-refractivity contribution < 1.29 is 8.42 Å². The molecule has 3 aromatic rings. The number of nitrogens with two attached hydrogens (primary N) is 1. The molecule has 1 aromatic carbocycles. The summed E-state index contributed by atoms with van der Waals surface area (Å²) in [6, 6.07) is 7.17. The fraction of sp³-hybridized carbons (Fsp3) is 0.350. The lowest BCUT2D eigenvalue weighted by Crippen LogP contribution is -2.74. The Morgan fingerprint density at radius 3 is 2.65 bits per heavy atom.